The van der Waals surface area contributed by atoms with Gasteiger partial charge in [0.05, 0.1) is 13.2 Å². The van der Waals surface area contributed by atoms with Gasteiger partial charge in [0.2, 0.25) is 6.04 Å². The first kappa shape index (κ1) is 20.5. The fourth-order valence-corrected chi connectivity index (χ4v) is 2.24. The minimum Gasteiger partial charge on any atom is -0.507 e. The highest BCUT2D eigenvalue weighted by Crippen LogP contribution is 2.23. The maximum absolute atomic E-state index is 11.9. The highest BCUT2D eigenvalue weighted by atomic mass is 16.6. The summed E-state index contributed by atoms with van der Waals surface area (Å²) in [5.41, 5.74) is 1.28. The fourth-order valence-electron chi connectivity index (χ4n) is 2.24. The number of nitrogens with zero attached hydrogens (tertiary/aromatic N) is 2. The minimum atomic E-state index is -1.40. The second-order valence-corrected chi connectivity index (χ2v) is 5.10. The summed E-state index contributed by atoms with van der Waals surface area (Å²) < 4.78 is 9.69. The Kier molecular flexibility index (Phi) is 8.46. The number of ether oxygens (including phenoxy) is 2. The molecule has 0 heterocycles. The van der Waals surface area contributed by atoms with Crippen molar-refractivity contribution in [1.29, 1.82) is 0 Å². The number of aromatic hydroxyl groups is 1. The summed E-state index contributed by atoms with van der Waals surface area (Å²) in [5.74, 6) is -1.55. The largest absolute Gasteiger partial charge is 0.507 e. The van der Waals surface area contributed by atoms with Gasteiger partial charge < -0.3 is 19.5 Å². The van der Waals surface area contributed by atoms with E-state index in [1.807, 2.05) is 19.9 Å². The van der Waals surface area contributed by atoms with Crippen LogP contribution in [-0.4, -0.2) is 55.6 Å². The van der Waals surface area contributed by atoms with E-state index in [4.69, 9.17) is 9.47 Å². The summed E-state index contributed by atoms with van der Waals surface area (Å²) in [4.78, 5) is 29.8. The minimum absolute atomic E-state index is 0.0135. The lowest BCUT2D eigenvalue weighted by atomic mass is 10.1. The zero-order chi connectivity index (χ0) is 18.8. The third-order valence-electron chi connectivity index (χ3n) is 3.53. The highest BCUT2D eigenvalue weighted by Gasteiger charge is 2.28. The molecule has 7 nitrogen and oxygen atoms in total. The molecule has 0 radical (unpaired) electrons. The molecule has 7 heteroatoms. The Bertz CT molecular complexity index is 593. The predicted octanol–water partition coefficient (Wildman–Crippen LogP) is 2.15. The molecule has 0 atom stereocenters. The molecule has 0 aromatic heterocycles. The molecule has 0 saturated heterocycles. The molecule has 0 aliphatic carbocycles. The number of benzene rings is 1. The van der Waals surface area contributed by atoms with E-state index in [9.17, 15) is 14.7 Å². The van der Waals surface area contributed by atoms with Crippen LogP contribution in [0.3, 0.4) is 0 Å². The molecule has 0 bridgehead atoms. The molecule has 1 aromatic carbocycles. The maximum Gasteiger partial charge on any atom is 0.342 e. The van der Waals surface area contributed by atoms with Crippen molar-refractivity contribution in [1.82, 2.24) is 0 Å². The number of rotatable bonds is 9. The molecular weight excluding hydrogens is 324 g/mol. The number of esters is 2. The standard InChI is InChI=1S/C18H26N2O5/c1-5-20(6-2)14-10-9-13(15(21)11-14)12-19-16(17(22)24-7-3)18(23)25-8-4/h9-12,16,21H,5-8H2,1-4H3. The van der Waals surface area contributed by atoms with Gasteiger partial charge >= 0.3 is 11.9 Å². The van der Waals surface area contributed by atoms with Crippen LogP contribution in [0.4, 0.5) is 5.69 Å². The number of anilines is 1. The van der Waals surface area contributed by atoms with Crippen LogP contribution in [0.15, 0.2) is 23.2 Å². The zero-order valence-corrected chi connectivity index (χ0v) is 15.2. The molecule has 1 rings (SSSR count). The van der Waals surface area contributed by atoms with Crippen molar-refractivity contribution in [3.05, 3.63) is 23.8 Å². The SMILES string of the molecule is CCOC(=O)C(N=Cc1ccc(N(CC)CC)cc1O)C(=O)OCC. The van der Waals surface area contributed by atoms with Crippen molar-refractivity contribution < 1.29 is 24.2 Å². The van der Waals surface area contributed by atoms with Gasteiger partial charge in [-0.25, -0.2) is 9.59 Å². The molecule has 0 unspecified atom stereocenters. The van der Waals surface area contributed by atoms with E-state index < -0.39 is 18.0 Å². The van der Waals surface area contributed by atoms with Crippen LogP contribution < -0.4 is 4.90 Å². The number of phenols is 1. The average molecular weight is 350 g/mol. The molecular formula is C18H26N2O5. The van der Waals surface area contributed by atoms with Crippen molar-refractivity contribution in [3.63, 3.8) is 0 Å². The monoisotopic (exact) mass is 350 g/mol. The summed E-state index contributed by atoms with van der Waals surface area (Å²) in [6.45, 7) is 9.23. The Hall–Kier alpha value is -2.57. The second-order valence-electron chi connectivity index (χ2n) is 5.10. The van der Waals surface area contributed by atoms with Crippen LogP contribution in [0.2, 0.25) is 0 Å². The summed E-state index contributed by atoms with van der Waals surface area (Å²) >= 11 is 0. The van der Waals surface area contributed by atoms with Crippen molar-refractivity contribution in [2.75, 3.05) is 31.2 Å². The summed E-state index contributed by atoms with van der Waals surface area (Å²) in [5, 5.41) is 10.2. The van der Waals surface area contributed by atoms with Gasteiger partial charge in [0.25, 0.3) is 0 Å². The van der Waals surface area contributed by atoms with Gasteiger partial charge in [0.15, 0.2) is 0 Å². The van der Waals surface area contributed by atoms with E-state index >= 15 is 0 Å². The fraction of sp³-hybridized carbons (Fsp3) is 0.500. The van der Waals surface area contributed by atoms with Gasteiger partial charge in [-0.3, -0.25) is 4.99 Å². The normalized spacial score (nSPS) is 10.9. The smallest absolute Gasteiger partial charge is 0.342 e. The average Bonchev–Trinajstić information content (AvgIpc) is 2.58. The Morgan fingerprint density at radius 3 is 2.12 bits per heavy atom. The van der Waals surface area contributed by atoms with Gasteiger partial charge in [-0.15, -0.1) is 0 Å². The molecule has 25 heavy (non-hydrogen) atoms. The van der Waals surface area contributed by atoms with Crippen LogP contribution in [0.1, 0.15) is 33.3 Å². The first-order chi connectivity index (χ1) is 12.0. The number of carbonyl (C=O) groups excluding carboxylic acids is 2. The molecule has 0 aliphatic heterocycles. The van der Waals surface area contributed by atoms with E-state index in [2.05, 4.69) is 9.89 Å². The molecule has 0 aliphatic rings. The first-order valence-electron chi connectivity index (χ1n) is 8.42. The van der Waals surface area contributed by atoms with E-state index in [0.717, 1.165) is 18.8 Å². The predicted molar refractivity (Wildman–Crippen MR) is 96.3 cm³/mol. The van der Waals surface area contributed by atoms with E-state index in [0.29, 0.717) is 5.56 Å². The lowest BCUT2D eigenvalue weighted by Gasteiger charge is -2.21. The van der Waals surface area contributed by atoms with Gasteiger partial charge in [0.1, 0.15) is 5.75 Å². The van der Waals surface area contributed by atoms with Crippen LogP contribution in [-0.2, 0) is 19.1 Å². The molecule has 1 N–H and O–H groups in total. The van der Waals surface area contributed by atoms with Crippen LogP contribution in [0.5, 0.6) is 5.75 Å². The number of hydrogen-bond acceptors (Lipinski definition) is 7. The number of hydrogen-bond donors (Lipinski definition) is 1. The van der Waals surface area contributed by atoms with Gasteiger partial charge in [-0.2, -0.15) is 0 Å². The summed E-state index contributed by atoms with van der Waals surface area (Å²) in [6, 6.07) is 3.75. The topological polar surface area (TPSA) is 88.4 Å². The third-order valence-corrected chi connectivity index (χ3v) is 3.53. The third kappa shape index (κ3) is 5.77. The second kappa shape index (κ2) is 10.3. The Labute approximate surface area is 148 Å². The Morgan fingerprint density at radius 2 is 1.68 bits per heavy atom. The molecule has 138 valence electrons. The number of phenolic OH excluding ortho intramolecular Hbond substituents is 1. The van der Waals surface area contributed by atoms with Crippen molar-refractivity contribution in [3.8, 4) is 5.75 Å². The van der Waals surface area contributed by atoms with Crippen molar-refractivity contribution >= 4 is 23.8 Å². The van der Waals surface area contributed by atoms with Gasteiger partial charge in [-0.05, 0) is 39.8 Å². The maximum atomic E-state index is 11.9. The molecule has 0 spiro atoms. The lowest BCUT2D eigenvalue weighted by Crippen LogP contribution is -2.32. The summed E-state index contributed by atoms with van der Waals surface area (Å²) in [7, 11) is 0. The highest BCUT2D eigenvalue weighted by molar-refractivity contribution is 6.01. The van der Waals surface area contributed by atoms with Crippen LogP contribution in [0.25, 0.3) is 0 Å². The van der Waals surface area contributed by atoms with Crippen LogP contribution >= 0.6 is 0 Å². The van der Waals surface area contributed by atoms with Crippen LogP contribution in [0, 0.1) is 0 Å². The molecule has 0 fully saturated rings. The molecule has 0 saturated carbocycles. The number of aliphatic imine (C=N–C) groups is 1. The van der Waals surface area contributed by atoms with E-state index in [1.165, 1.54) is 6.21 Å². The zero-order valence-electron chi connectivity index (χ0n) is 15.2. The van der Waals surface area contributed by atoms with Crippen molar-refractivity contribution in [2.45, 2.75) is 33.7 Å². The summed E-state index contributed by atoms with van der Waals surface area (Å²) in [6.07, 6.45) is 1.28. The van der Waals surface area contributed by atoms with Gasteiger partial charge in [-0.1, -0.05) is 0 Å². The van der Waals surface area contributed by atoms with E-state index in [1.54, 1.807) is 26.0 Å². The lowest BCUT2D eigenvalue weighted by molar-refractivity contribution is -0.156. The van der Waals surface area contributed by atoms with E-state index in [-0.39, 0.29) is 19.0 Å². The Balaban J connectivity index is 3.02. The molecule has 0 amide bonds. The first-order valence-corrected chi connectivity index (χ1v) is 8.42. The van der Waals surface area contributed by atoms with Crippen molar-refractivity contribution in [2.24, 2.45) is 4.99 Å². The Morgan fingerprint density at radius 1 is 1.12 bits per heavy atom. The number of carbonyl (C=O) groups is 2. The molecule has 1 aromatic rings. The quantitative estimate of drug-likeness (QED) is 0.417. The van der Waals surface area contributed by atoms with Gasteiger partial charge in [0, 0.05) is 36.6 Å².